The van der Waals surface area contributed by atoms with Gasteiger partial charge >= 0.3 is 0 Å². The third kappa shape index (κ3) is 5.78. The molecule has 0 amide bonds. The van der Waals surface area contributed by atoms with E-state index >= 15 is 0 Å². The summed E-state index contributed by atoms with van der Waals surface area (Å²) in [6.45, 7) is 3.39. The number of rotatable bonds is 8. The standard InChI is InChI=1S/C31H32N4O3/c1-22-14-25(16-23-6-8-29(37-2)27(18-23)20-34-12-4-10-32-34)31(36)26(15-22)17-24-7-9-30(38-3)28(19-24)21-35-13-5-11-33-35/h4-13,16-19,22H,14-15,20-21H2,1-3H3/b25-16+,26-17+. The molecular formula is C31H32N4O3. The van der Waals surface area contributed by atoms with Crippen LogP contribution < -0.4 is 9.47 Å². The summed E-state index contributed by atoms with van der Waals surface area (Å²) >= 11 is 0. The van der Waals surface area contributed by atoms with Crippen LogP contribution in [0.15, 0.2) is 84.5 Å². The smallest absolute Gasteiger partial charge is 0.185 e. The first kappa shape index (κ1) is 25.3. The Kier molecular flexibility index (Phi) is 7.54. The first-order valence-corrected chi connectivity index (χ1v) is 12.8. The fourth-order valence-electron chi connectivity index (χ4n) is 5.03. The third-order valence-corrected chi connectivity index (χ3v) is 6.79. The number of benzene rings is 2. The lowest BCUT2D eigenvalue weighted by Crippen LogP contribution is -2.18. The van der Waals surface area contributed by atoms with Gasteiger partial charge in [-0.3, -0.25) is 14.2 Å². The van der Waals surface area contributed by atoms with E-state index in [2.05, 4.69) is 29.3 Å². The Labute approximate surface area is 223 Å². The lowest BCUT2D eigenvalue weighted by Gasteiger charge is -2.23. The van der Waals surface area contributed by atoms with Gasteiger partial charge in [0.25, 0.3) is 0 Å². The maximum absolute atomic E-state index is 13.6. The number of hydrogen-bond acceptors (Lipinski definition) is 5. The van der Waals surface area contributed by atoms with E-state index in [0.717, 1.165) is 57.7 Å². The van der Waals surface area contributed by atoms with Crippen molar-refractivity contribution in [2.24, 2.45) is 5.92 Å². The molecule has 4 aromatic rings. The number of carbonyl (C=O) groups is 1. The van der Waals surface area contributed by atoms with Crippen LogP contribution in [0.3, 0.4) is 0 Å². The molecule has 2 aromatic carbocycles. The summed E-state index contributed by atoms with van der Waals surface area (Å²) in [5.74, 6) is 2.08. The minimum Gasteiger partial charge on any atom is -0.496 e. The number of ketones is 1. The van der Waals surface area contributed by atoms with Crippen LogP contribution in [0.2, 0.25) is 0 Å². The SMILES string of the molecule is COc1ccc(/C=C2\CC(C)C/C(=C\c3ccc(OC)c(Cn4cccn4)c3)C2=O)cc1Cn1cccn1. The zero-order valence-electron chi connectivity index (χ0n) is 22.0. The molecular weight excluding hydrogens is 476 g/mol. The van der Waals surface area contributed by atoms with Gasteiger partial charge in [-0.05, 0) is 78.4 Å². The van der Waals surface area contributed by atoms with E-state index in [0.29, 0.717) is 19.0 Å². The van der Waals surface area contributed by atoms with Gasteiger partial charge in [-0.1, -0.05) is 19.1 Å². The molecule has 2 aromatic heterocycles. The molecule has 0 aliphatic heterocycles. The van der Waals surface area contributed by atoms with Crippen LogP contribution in [0.4, 0.5) is 0 Å². The van der Waals surface area contributed by atoms with Gasteiger partial charge in [0.1, 0.15) is 11.5 Å². The van der Waals surface area contributed by atoms with Gasteiger partial charge in [0.2, 0.25) is 0 Å². The number of aromatic nitrogens is 4. The Hall–Kier alpha value is -4.39. The van der Waals surface area contributed by atoms with E-state index in [1.165, 1.54) is 0 Å². The average Bonchev–Trinajstić information content (AvgIpc) is 3.62. The number of hydrogen-bond donors (Lipinski definition) is 0. The minimum absolute atomic E-state index is 0.108. The van der Waals surface area contributed by atoms with Crippen LogP contribution in [0.1, 0.15) is 42.0 Å². The van der Waals surface area contributed by atoms with Crippen molar-refractivity contribution in [1.29, 1.82) is 0 Å². The fourth-order valence-corrected chi connectivity index (χ4v) is 5.03. The quantitative estimate of drug-likeness (QED) is 0.287. The molecule has 7 nitrogen and oxygen atoms in total. The Morgan fingerprint density at radius 3 is 1.68 bits per heavy atom. The van der Waals surface area contributed by atoms with Crippen molar-refractivity contribution < 1.29 is 14.3 Å². The van der Waals surface area contributed by atoms with Gasteiger partial charge in [-0.25, -0.2) is 0 Å². The molecule has 0 saturated heterocycles. The first-order valence-electron chi connectivity index (χ1n) is 12.8. The van der Waals surface area contributed by atoms with Crippen LogP contribution >= 0.6 is 0 Å². The van der Waals surface area contributed by atoms with Crippen LogP contribution in [0.25, 0.3) is 12.2 Å². The van der Waals surface area contributed by atoms with Crippen molar-refractivity contribution in [1.82, 2.24) is 19.6 Å². The molecule has 0 bridgehead atoms. The molecule has 0 atom stereocenters. The molecule has 0 unspecified atom stereocenters. The maximum Gasteiger partial charge on any atom is 0.185 e. The molecule has 0 radical (unpaired) electrons. The molecule has 2 heterocycles. The molecule has 1 saturated carbocycles. The van der Waals surface area contributed by atoms with Crippen molar-refractivity contribution in [3.63, 3.8) is 0 Å². The lowest BCUT2D eigenvalue weighted by atomic mass is 9.80. The number of allylic oxidation sites excluding steroid dienone is 2. The summed E-state index contributed by atoms with van der Waals surface area (Å²) in [5.41, 5.74) is 5.65. The van der Waals surface area contributed by atoms with Gasteiger partial charge in [0.15, 0.2) is 5.78 Å². The second-order valence-electron chi connectivity index (χ2n) is 9.73. The fraction of sp³-hybridized carbons (Fsp3) is 0.258. The normalized spacial score (nSPS) is 17.8. The minimum atomic E-state index is 0.108. The molecule has 5 rings (SSSR count). The third-order valence-electron chi connectivity index (χ3n) is 6.79. The first-order chi connectivity index (χ1) is 18.5. The molecule has 0 N–H and O–H groups in total. The number of ether oxygens (including phenoxy) is 2. The van der Waals surface area contributed by atoms with Crippen molar-refractivity contribution in [3.8, 4) is 11.5 Å². The summed E-state index contributed by atoms with van der Waals surface area (Å²) in [6.07, 6.45) is 12.9. The highest BCUT2D eigenvalue weighted by Gasteiger charge is 2.25. The molecule has 1 aliphatic carbocycles. The van der Waals surface area contributed by atoms with Gasteiger partial charge in [-0.2, -0.15) is 10.2 Å². The largest absolute Gasteiger partial charge is 0.496 e. The molecule has 38 heavy (non-hydrogen) atoms. The van der Waals surface area contributed by atoms with Crippen LogP contribution in [0, 0.1) is 5.92 Å². The second kappa shape index (κ2) is 11.3. The van der Waals surface area contributed by atoms with E-state index in [1.54, 1.807) is 26.6 Å². The van der Waals surface area contributed by atoms with Crippen LogP contribution in [0.5, 0.6) is 11.5 Å². The van der Waals surface area contributed by atoms with E-state index in [1.807, 2.05) is 70.3 Å². The molecule has 7 heteroatoms. The summed E-state index contributed by atoms with van der Waals surface area (Å²) in [6, 6.07) is 15.9. The van der Waals surface area contributed by atoms with E-state index < -0.39 is 0 Å². The monoisotopic (exact) mass is 508 g/mol. The zero-order valence-corrected chi connectivity index (χ0v) is 22.0. The zero-order chi connectivity index (χ0) is 26.5. The van der Waals surface area contributed by atoms with Crippen LogP contribution in [-0.4, -0.2) is 39.6 Å². The molecule has 1 fully saturated rings. The number of nitrogens with zero attached hydrogens (tertiary/aromatic N) is 4. The van der Waals surface area contributed by atoms with Gasteiger partial charge in [0.05, 0.1) is 27.3 Å². The van der Waals surface area contributed by atoms with Crippen LogP contribution in [-0.2, 0) is 17.9 Å². The lowest BCUT2D eigenvalue weighted by molar-refractivity contribution is -0.113. The predicted octanol–water partition coefficient (Wildman–Crippen LogP) is 5.66. The summed E-state index contributed by atoms with van der Waals surface area (Å²) in [5, 5.41) is 8.63. The summed E-state index contributed by atoms with van der Waals surface area (Å²) < 4.78 is 14.9. The summed E-state index contributed by atoms with van der Waals surface area (Å²) in [4.78, 5) is 13.6. The molecule has 0 spiro atoms. The van der Waals surface area contributed by atoms with E-state index in [9.17, 15) is 4.79 Å². The van der Waals surface area contributed by atoms with E-state index in [4.69, 9.17) is 9.47 Å². The van der Waals surface area contributed by atoms with Crippen molar-refractivity contribution in [2.75, 3.05) is 14.2 Å². The number of Topliss-reactive ketones (excluding diaryl/α,β-unsaturated/α-hetero) is 1. The molecule has 194 valence electrons. The Morgan fingerprint density at radius 1 is 0.816 bits per heavy atom. The van der Waals surface area contributed by atoms with Gasteiger partial charge in [-0.15, -0.1) is 0 Å². The topological polar surface area (TPSA) is 71.2 Å². The second-order valence-corrected chi connectivity index (χ2v) is 9.73. The highest BCUT2D eigenvalue weighted by molar-refractivity contribution is 6.14. The Morgan fingerprint density at radius 2 is 1.29 bits per heavy atom. The average molecular weight is 509 g/mol. The van der Waals surface area contributed by atoms with Crippen molar-refractivity contribution in [2.45, 2.75) is 32.9 Å². The summed E-state index contributed by atoms with van der Waals surface area (Å²) in [7, 11) is 3.34. The van der Waals surface area contributed by atoms with Gasteiger partial charge < -0.3 is 9.47 Å². The maximum atomic E-state index is 13.6. The van der Waals surface area contributed by atoms with Crippen molar-refractivity contribution in [3.05, 3.63) is 107 Å². The Bertz CT molecular complexity index is 1360. The highest BCUT2D eigenvalue weighted by atomic mass is 16.5. The highest BCUT2D eigenvalue weighted by Crippen LogP contribution is 2.33. The van der Waals surface area contributed by atoms with Gasteiger partial charge in [0, 0.05) is 47.1 Å². The van der Waals surface area contributed by atoms with E-state index in [-0.39, 0.29) is 5.78 Å². The molecule has 1 aliphatic rings. The number of carbonyl (C=O) groups excluding carboxylic acids is 1. The number of methoxy groups -OCH3 is 2. The van der Waals surface area contributed by atoms with Crippen molar-refractivity contribution >= 4 is 17.9 Å². The Balaban J connectivity index is 1.43. The predicted molar refractivity (Wildman–Crippen MR) is 148 cm³/mol.